The van der Waals surface area contributed by atoms with Crippen LogP contribution in [0.2, 0.25) is 5.02 Å². The Morgan fingerprint density at radius 1 is 1.41 bits per heavy atom. The van der Waals surface area contributed by atoms with Crippen LogP contribution < -0.4 is 10.5 Å². The first-order valence-electron chi connectivity index (χ1n) is 5.01. The molecule has 2 N–H and O–H groups in total. The van der Waals surface area contributed by atoms with Gasteiger partial charge in [0.2, 0.25) is 5.88 Å². The van der Waals surface area contributed by atoms with Crippen LogP contribution in [0.1, 0.15) is 18.4 Å². The van der Waals surface area contributed by atoms with Crippen LogP contribution in [0.4, 0.5) is 13.2 Å². The monoisotopic (exact) mass is 266 g/mol. The molecule has 0 radical (unpaired) electrons. The molecule has 1 aromatic rings. The average molecular weight is 267 g/mol. The molecule has 2 rings (SSSR count). The van der Waals surface area contributed by atoms with Crippen LogP contribution in [-0.2, 0) is 6.18 Å². The highest BCUT2D eigenvalue weighted by Gasteiger charge is 2.33. The van der Waals surface area contributed by atoms with E-state index in [1.807, 2.05) is 0 Å². The highest BCUT2D eigenvalue weighted by Crippen LogP contribution is 2.34. The summed E-state index contributed by atoms with van der Waals surface area (Å²) < 4.78 is 42.3. The third-order valence-electron chi connectivity index (χ3n) is 2.54. The van der Waals surface area contributed by atoms with E-state index in [2.05, 4.69) is 4.98 Å². The predicted octanol–water partition coefficient (Wildman–Crippen LogP) is 2.62. The maximum atomic E-state index is 12.3. The first kappa shape index (κ1) is 12.4. The predicted molar refractivity (Wildman–Crippen MR) is 55.9 cm³/mol. The van der Waals surface area contributed by atoms with Crippen molar-refractivity contribution < 1.29 is 17.9 Å². The zero-order valence-electron chi connectivity index (χ0n) is 8.67. The van der Waals surface area contributed by atoms with Gasteiger partial charge in [0, 0.05) is 12.2 Å². The summed E-state index contributed by atoms with van der Waals surface area (Å²) in [6, 6.07) is 0.899. The van der Waals surface area contributed by atoms with Gasteiger partial charge in [-0.15, -0.1) is 0 Å². The van der Waals surface area contributed by atoms with E-state index in [0.717, 1.165) is 6.07 Å². The van der Waals surface area contributed by atoms with Crippen LogP contribution in [0.3, 0.4) is 0 Å². The second-order valence-electron chi connectivity index (χ2n) is 3.98. The number of ether oxygens (including phenoxy) is 1. The van der Waals surface area contributed by atoms with Gasteiger partial charge in [0.15, 0.2) is 0 Å². The number of nitrogens with two attached hydrogens (primary N) is 1. The van der Waals surface area contributed by atoms with Crippen molar-refractivity contribution in [3.05, 3.63) is 22.8 Å². The van der Waals surface area contributed by atoms with Crippen LogP contribution in [0.25, 0.3) is 0 Å². The molecule has 0 aliphatic heterocycles. The summed E-state index contributed by atoms with van der Waals surface area (Å²) in [5.74, 6) is 0.0246. The van der Waals surface area contributed by atoms with Gasteiger partial charge in [0.05, 0.1) is 5.56 Å². The quantitative estimate of drug-likeness (QED) is 0.895. The number of rotatable bonds is 2. The molecular formula is C10H10ClF3N2O. The lowest BCUT2D eigenvalue weighted by atomic mass is 9.90. The Balaban J connectivity index is 2.09. The van der Waals surface area contributed by atoms with Gasteiger partial charge < -0.3 is 10.5 Å². The minimum atomic E-state index is -4.45. The fourth-order valence-electron chi connectivity index (χ4n) is 1.53. The standard InChI is InChI=1S/C10H10ClF3N2O/c11-8-1-5(10(12,13)14)4-16-9(8)17-7-2-6(15)3-7/h1,4,6-7H,2-3,15H2. The number of hydrogen-bond acceptors (Lipinski definition) is 3. The normalized spacial score (nSPS) is 24.3. The minimum absolute atomic E-state index is 0.0246. The van der Waals surface area contributed by atoms with Crippen molar-refractivity contribution in [2.24, 2.45) is 5.73 Å². The molecule has 1 saturated carbocycles. The maximum Gasteiger partial charge on any atom is 0.417 e. The average Bonchev–Trinajstić information content (AvgIpc) is 2.16. The molecule has 1 fully saturated rings. The van der Waals surface area contributed by atoms with Crippen molar-refractivity contribution in [1.82, 2.24) is 4.98 Å². The van der Waals surface area contributed by atoms with Gasteiger partial charge in [-0.1, -0.05) is 11.6 Å². The molecular weight excluding hydrogens is 257 g/mol. The van der Waals surface area contributed by atoms with Crippen LogP contribution in [0, 0.1) is 0 Å². The summed E-state index contributed by atoms with van der Waals surface area (Å²) in [6.07, 6.45) is -2.52. The van der Waals surface area contributed by atoms with Crippen molar-refractivity contribution in [2.75, 3.05) is 0 Å². The summed E-state index contributed by atoms with van der Waals surface area (Å²) in [6.45, 7) is 0. The van der Waals surface area contributed by atoms with Crippen molar-refractivity contribution in [2.45, 2.75) is 31.2 Å². The van der Waals surface area contributed by atoms with Crippen LogP contribution >= 0.6 is 11.6 Å². The molecule has 0 aromatic carbocycles. The van der Waals surface area contributed by atoms with Gasteiger partial charge in [0.25, 0.3) is 0 Å². The molecule has 94 valence electrons. The number of alkyl halides is 3. The van der Waals surface area contributed by atoms with E-state index in [9.17, 15) is 13.2 Å². The Bertz CT molecular complexity index is 419. The van der Waals surface area contributed by atoms with Crippen LogP contribution in [-0.4, -0.2) is 17.1 Å². The van der Waals surface area contributed by atoms with E-state index in [-0.39, 0.29) is 23.0 Å². The number of pyridine rings is 1. The highest BCUT2D eigenvalue weighted by atomic mass is 35.5. The molecule has 0 spiro atoms. The van der Waals surface area contributed by atoms with Gasteiger partial charge >= 0.3 is 6.18 Å². The SMILES string of the molecule is NC1CC(Oc2ncc(C(F)(F)F)cc2Cl)C1. The zero-order valence-corrected chi connectivity index (χ0v) is 9.42. The molecule has 0 unspecified atom stereocenters. The molecule has 1 heterocycles. The first-order valence-corrected chi connectivity index (χ1v) is 5.39. The number of halogens is 4. The summed E-state index contributed by atoms with van der Waals surface area (Å²) in [4.78, 5) is 3.58. The maximum absolute atomic E-state index is 12.3. The lowest BCUT2D eigenvalue weighted by molar-refractivity contribution is -0.137. The Morgan fingerprint density at radius 2 is 2.06 bits per heavy atom. The molecule has 1 aromatic heterocycles. The molecule has 0 amide bonds. The van der Waals surface area contributed by atoms with Gasteiger partial charge in [0.1, 0.15) is 11.1 Å². The third kappa shape index (κ3) is 2.81. The first-order chi connectivity index (χ1) is 7.86. The van der Waals surface area contributed by atoms with E-state index in [1.165, 1.54) is 0 Å². The largest absolute Gasteiger partial charge is 0.473 e. The van der Waals surface area contributed by atoms with Crippen LogP contribution in [0.15, 0.2) is 12.3 Å². The van der Waals surface area contributed by atoms with E-state index in [4.69, 9.17) is 22.1 Å². The van der Waals surface area contributed by atoms with E-state index in [1.54, 1.807) is 0 Å². The topological polar surface area (TPSA) is 48.1 Å². The summed E-state index contributed by atoms with van der Waals surface area (Å²) in [5, 5.41) is -0.139. The van der Waals surface area contributed by atoms with Crippen LogP contribution in [0.5, 0.6) is 5.88 Å². The number of nitrogens with zero attached hydrogens (tertiary/aromatic N) is 1. The zero-order chi connectivity index (χ0) is 12.6. The van der Waals surface area contributed by atoms with Crippen molar-refractivity contribution in [3.63, 3.8) is 0 Å². The van der Waals surface area contributed by atoms with Gasteiger partial charge in [-0.05, 0) is 18.9 Å². The fraction of sp³-hybridized carbons (Fsp3) is 0.500. The fourth-order valence-corrected chi connectivity index (χ4v) is 1.74. The number of aromatic nitrogens is 1. The van der Waals surface area contributed by atoms with E-state index >= 15 is 0 Å². The van der Waals surface area contributed by atoms with E-state index in [0.29, 0.717) is 19.0 Å². The van der Waals surface area contributed by atoms with Gasteiger partial charge in [-0.3, -0.25) is 0 Å². The van der Waals surface area contributed by atoms with Crippen molar-refractivity contribution in [1.29, 1.82) is 0 Å². The smallest absolute Gasteiger partial charge is 0.417 e. The molecule has 17 heavy (non-hydrogen) atoms. The highest BCUT2D eigenvalue weighted by molar-refractivity contribution is 6.31. The van der Waals surface area contributed by atoms with E-state index < -0.39 is 11.7 Å². The molecule has 1 aliphatic rings. The second-order valence-corrected chi connectivity index (χ2v) is 4.39. The molecule has 0 bridgehead atoms. The summed E-state index contributed by atoms with van der Waals surface area (Å²) >= 11 is 5.68. The minimum Gasteiger partial charge on any atom is -0.473 e. The Morgan fingerprint density at radius 3 is 2.53 bits per heavy atom. The Hall–Kier alpha value is -1.01. The Labute approximate surface area is 101 Å². The third-order valence-corrected chi connectivity index (χ3v) is 2.82. The van der Waals surface area contributed by atoms with Gasteiger partial charge in [-0.2, -0.15) is 13.2 Å². The number of hydrogen-bond donors (Lipinski definition) is 1. The summed E-state index contributed by atoms with van der Waals surface area (Å²) in [7, 11) is 0. The lowest BCUT2D eigenvalue weighted by Crippen LogP contribution is -2.43. The van der Waals surface area contributed by atoms with Crippen molar-refractivity contribution in [3.8, 4) is 5.88 Å². The summed E-state index contributed by atoms with van der Waals surface area (Å²) in [5.41, 5.74) is 4.67. The lowest BCUT2D eigenvalue weighted by Gasteiger charge is -2.32. The molecule has 7 heteroatoms. The van der Waals surface area contributed by atoms with Gasteiger partial charge in [-0.25, -0.2) is 4.98 Å². The Kier molecular flexibility index (Phi) is 3.18. The molecule has 0 saturated heterocycles. The second kappa shape index (κ2) is 4.34. The van der Waals surface area contributed by atoms with Crippen molar-refractivity contribution >= 4 is 11.6 Å². The molecule has 1 aliphatic carbocycles. The molecule has 0 atom stereocenters. The molecule has 3 nitrogen and oxygen atoms in total.